The van der Waals surface area contributed by atoms with E-state index in [-0.39, 0.29) is 23.9 Å². The Morgan fingerprint density at radius 2 is 1.97 bits per heavy atom. The van der Waals surface area contributed by atoms with Gasteiger partial charge >= 0.3 is 0 Å². The Morgan fingerprint density at radius 3 is 2.69 bits per heavy atom. The SMILES string of the molecule is COc1ccc(CNC(=O)c2c(O)c3cccc4c3n(c2=O)[C@@H](C)C4)cc1OC. The molecule has 7 nitrogen and oxygen atoms in total. The minimum absolute atomic E-state index is 0.0691. The van der Waals surface area contributed by atoms with Crippen LogP contribution in [0.15, 0.2) is 41.2 Å². The lowest BCUT2D eigenvalue weighted by molar-refractivity contribution is 0.0946. The quantitative estimate of drug-likeness (QED) is 0.695. The van der Waals surface area contributed by atoms with Gasteiger partial charge in [0.25, 0.3) is 11.5 Å². The van der Waals surface area contributed by atoms with E-state index in [2.05, 4.69) is 5.32 Å². The van der Waals surface area contributed by atoms with E-state index in [4.69, 9.17) is 9.47 Å². The highest BCUT2D eigenvalue weighted by molar-refractivity contribution is 6.03. The van der Waals surface area contributed by atoms with Gasteiger partial charge in [0.15, 0.2) is 11.5 Å². The molecule has 0 saturated heterocycles. The number of methoxy groups -OCH3 is 2. The molecule has 1 atom stereocenters. The summed E-state index contributed by atoms with van der Waals surface area (Å²) in [5, 5.41) is 13.9. The second kappa shape index (κ2) is 7.16. The summed E-state index contributed by atoms with van der Waals surface area (Å²) in [5.74, 6) is 0.239. The number of hydrogen-bond acceptors (Lipinski definition) is 5. The maximum absolute atomic E-state index is 13.0. The molecule has 0 bridgehead atoms. The number of amides is 1. The van der Waals surface area contributed by atoms with Crippen molar-refractivity contribution < 1.29 is 19.4 Å². The van der Waals surface area contributed by atoms with Gasteiger partial charge in [-0.05, 0) is 42.7 Å². The number of hydrogen-bond donors (Lipinski definition) is 2. The van der Waals surface area contributed by atoms with Crippen molar-refractivity contribution in [1.82, 2.24) is 9.88 Å². The number of aromatic nitrogens is 1. The van der Waals surface area contributed by atoms with Gasteiger partial charge in [0.05, 0.1) is 19.7 Å². The van der Waals surface area contributed by atoms with Gasteiger partial charge in [0.2, 0.25) is 0 Å². The summed E-state index contributed by atoms with van der Waals surface area (Å²) in [5.41, 5.74) is 1.77. The monoisotopic (exact) mass is 394 g/mol. The molecule has 1 aromatic heterocycles. The standard InChI is InChI=1S/C22H22N2O5/c1-12-9-14-5-4-6-15-19(14)24(12)22(27)18(20(15)25)21(26)23-11-13-7-8-16(28-2)17(10-13)29-3/h4-8,10,12,25H,9,11H2,1-3H3,(H,23,26)/t12-/m0/s1. The zero-order valence-corrected chi connectivity index (χ0v) is 16.5. The van der Waals surface area contributed by atoms with Gasteiger partial charge in [-0.25, -0.2) is 0 Å². The maximum Gasteiger partial charge on any atom is 0.267 e. The lowest BCUT2D eigenvalue weighted by atomic mass is 10.1. The normalized spacial score (nSPS) is 14.8. The zero-order chi connectivity index (χ0) is 20.7. The van der Waals surface area contributed by atoms with Crippen LogP contribution in [0, 0.1) is 0 Å². The predicted molar refractivity (Wildman–Crippen MR) is 109 cm³/mol. The number of carbonyl (C=O) groups is 1. The highest BCUT2D eigenvalue weighted by Gasteiger charge is 2.29. The fourth-order valence-corrected chi connectivity index (χ4v) is 3.99. The van der Waals surface area contributed by atoms with Crippen LogP contribution in [0.5, 0.6) is 17.2 Å². The van der Waals surface area contributed by atoms with Gasteiger partial charge in [-0.2, -0.15) is 0 Å². The number of nitrogens with one attached hydrogen (secondary N) is 1. The lowest BCUT2D eigenvalue weighted by Gasteiger charge is -2.14. The van der Waals surface area contributed by atoms with Gasteiger partial charge in [-0.3, -0.25) is 9.59 Å². The topological polar surface area (TPSA) is 89.8 Å². The molecule has 2 heterocycles. The summed E-state index contributed by atoms with van der Waals surface area (Å²) >= 11 is 0. The second-order valence-corrected chi connectivity index (χ2v) is 7.14. The Morgan fingerprint density at radius 1 is 1.21 bits per heavy atom. The first-order valence-corrected chi connectivity index (χ1v) is 9.34. The van der Waals surface area contributed by atoms with Crippen LogP contribution in [-0.2, 0) is 13.0 Å². The molecule has 0 aliphatic carbocycles. The molecule has 4 rings (SSSR count). The number of rotatable bonds is 5. The predicted octanol–water partition coefficient (Wildman–Crippen LogP) is 2.77. The molecule has 1 aliphatic heterocycles. The van der Waals surface area contributed by atoms with Gasteiger partial charge in [-0.1, -0.05) is 18.2 Å². The summed E-state index contributed by atoms with van der Waals surface area (Å²) < 4.78 is 12.1. The van der Waals surface area contributed by atoms with Crippen molar-refractivity contribution in [2.24, 2.45) is 0 Å². The number of carbonyl (C=O) groups excluding carboxylic acids is 1. The van der Waals surface area contributed by atoms with E-state index < -0.39 is 11.5 Å². The molecule has 7 heteroatoms. The van der Waals surface area contributed by atoms with E-state index >= 15 is 0 Å². The van der Waals surface area contributed by atoms with Crippen LogP contribution in [0.1, 0.15) is 34.5 Å². The molecule has 1 aliphatic rings. The van der Waals surface area contributed by atoms with E-state index in [1.807, 2.05) is 19.1 Å². The summed E-state index contributed by atoms with van der Waals surface area (Å²) in [6.45, 7) is 2.11. The summed E-state index contributed by atoms with van der Waals surface area (Å²) in [6.07, 6.45) is 0.697. The van der Waals surface area contributed by atoms with Crippen LogP contribution in [-0.4, -0.2) is 29.8 Å². The van der Waals surface area contributed by atoms with E-state index in [0.29, 0.717) is 28.8 Å². The third kappa shape index (κ3) is 2.99. The maximum atomic E-state index is 13.0. The number of nitrogens with zero attached hydrogens (tertiary/aromatic N) is 1. The molecule has 3 aromatic rings. The van der Waals surface area contributed by atoms with Gasteiger partial charge in [0.1, 0.15) is 11.3 Å². The average Bonchev–Trinajstić information content (AvgIpc) is 3.07. The number of aromatic hydroxyl groups is 1. The first kappa shape index (κ1) is 18.9. The molecule has 2 N–H and O–H groups in total. The zero-order valence-electron chi connectivity index (χ0n) is 16.5. The Labute approximate surface area is 167 Å². The largest absolute Gasteiger partial charge is 0.506 e. The van der Waals surface area contributed by atoms with Crippen molar-refractivity contribution in [1.29, 1.82) is 0 Å². The van der Waals surface area contributed by atoms with Crippen molar-refractivity contribution >= 4 is 16.8 Å². The molecule has 0 unspecified atom stereocenters. The van der Waals surface area contributed by atoms with Crippen molar-refractivity contribution in [2.45, 2.75) is 25.9 Å². The van der Waals surface area contributed by atoms with Crippen molar-refractivity contribution in [3.8, 4) is 17.2 Å². The van der Waals surface area contributed by atoms with Crippen LogP contribution in [0.2, 0.25) is 0 Å². The minimum atomic E-state index is -0.613. The third-order valence-corrected chi connectivity index (χ3v) is 5.37. The average molecular weight is 394 g/mol. The van der Waals surface area contributed by atoms with Crippen molar-refractivity contribution in [2.75, 3.05) is 14.2 Å². The van der Waals surface area contributed by atoms with E-state index in [1.165, 1.54) is 7.11 Å². The molecule has 2 aromatic carbocycles. The van der Waals surface area contributed by atoms with Gasteiger partial charge in [-0.15, -0.1) is 0 Å². The third-order valence-electron chi connectivity index (χ3n) is 5.37. The van der Waals surface area contributed by atoms with Crippen LogP contribution in [0.3, 0.4) is 0 Å². The van der Waals surface area contributed by atoms with E-state index in [1.54, 1.807) is 35.9 Å². The molecule has 0 fully saturated rings. The van der Waals surface area contributed by atoms with Crippen LogP contribution < -0.4 is 20.3 Å². The van der Waals surface area contributed by atoms with Crippen LogP contribution in [0.25, 0.3) is 10.9 Å². The molecular formula is C22H22N2O5. The summed E-state index contributed by atoms with van der Waals surface area (Å²) in [7, 11) is 3.08. The van der Waals surface area contributed by atoms with Crippen molar-refractivity contribution in [3.05, 3.63) is 63.4 Å². The van der Waals surface area contributed by atoms with Gasteiger partial charge in [0, 0.05) is 18.0 Å². The molecule has 0 radical (unpaired) electrons. The van der Waals surface area contributed by atoms with E-state index in [9.17, 15) is 14.7 Å². The number of para-hydroxylation sites is 1. The Kier molecular flexibility index (Phi) is 4.66. The van der Waals surface area contributed by atoms with Gasteiger partial charge < -0.3 is 24.5 Å². The van der Waals surface area contributed by atoms with E-state index in [0.717, 1.165) is 11.1 Å². The molecule has 150 valence electrons. The lowest BCUT2D eigenvalue weighted by Crippen LogP contribution is -2.33. The van der Waals surface area contributed by atoms with Crippen LogP contribution >= 0.6 is 0 Å². The highest BCUT2D eigenvalue weighted by atomic mass is 16.5. The second-order valence-electron chi connectivity index (χ2n) is 7.14. The first-order valence-electron chi connectivity index (χ1n) is 9.34. The highest BCUT2D eigenvalue weighted by Crippen LogP contribution is 2.36. The molecule has 1 amide bonds. The Balaban J connectivity index is 1.68. The molecule has 0 spiro atoms. The number of ether oxygens (including phenoxy) is 2. The summed E-state index contributed by atoms with van der Waals surface area (Å²) in [4.78, 5) is 25.9. The Hall–Kier alpha value is -3.48. The summed E-state index contributed by atoms with van der Waals surface area (Å²) in [6, 6.07) is 10.7. The molecule has 29 heavy (non-hydrogen) atoms. The van der Waals surface area contributed by atoms with Crippen molar-refractivity contribution in [3.63, 3.8) is 0 Å². The molecule has 0 saturated carbocycles. The fraction of sp³-hybridized carbons (Fsp3) is 0.273. The number of benzene rings is 2. The van der Waals surface area contributed by atoms with Crippen LogP contribution in [0.4, 0.5) is 0 Å². The fourth-order valence-electron chi connectivity index (χ4n) is 3.99. The smallest absolute Gasteiger partial charge is 0.267 e. The Bertz CT molecular complexity index is 1180. The molecular weight excluding hydrogens is 372 g/mol. The minimum Gasteiger partial charge on any atom is -0.506 e. The number of pyridine rings is 1. The first-order chi connectivity index (χ1) is 14.0.